The first kappa shape index (κ1) is 11.6. The predicted octanol–water partition coefficient (Wildman–Crippen LogP) is 1.82. The summed E-state index contributed by atoms with van der Waals surface area (Å²) in [5, 5.41) is 2.04. The summed E-state index contributed by atoms with van der Waals surface area (Å²) in [4.78, 5) is 5.60. The van der Waals surface area contributed by atoms with Gasteiger partial charge in [-0.05, 0) is 12.3 Å². The molecule has 0 aliphatic carbocycles. The van der Waals surface area contributed by atoms with E-state index in [1.165, 1.54) is 0 Å². The Kier molecular flexibility index (Phi) is 3.58. The molecule has 2 aromatic rings. The molecule has 0 aromatic carbocycles. The molecule has 16 heavy (non-hydrogen) atoms. The van der Waals surface area contributed by atoms with Crippen molar-refractivity contribution >= 4 is 16.3 Å². The summed E-state index contributed by atoms with van der Waals surface area (Å²) in [6, 6.07) is 0.310. The Balaban J connectivity index is 2.05. The van der Waals surface area contributed by atoms with Gasteiger partial charge in [0.05, 0.1) is 5.69 Å². The molecule has 0 aliphatic heterocycles. The number of nitrogens with zero attached hydrogens (tertiary/aromatic N) is 2. The first-order valence-corrected chi connectivity index (χ1v) is 6.44. The maximum absolute atomic E-state index is 5.56. The molecule has 2 heterocycles. The number of hydrogen-bond donors (Lipinski definition) is 2. The van der Waals surface area contributed by atoms with E-state index in [0.717, 1.165) is 23.5 Å². The van der Waals surface area contributed by atoms with Crippen LogP contribution in [-0.2, 0) is 6.42 Å². The van der Waals surface area contributed by atoms with E-state index >= 15 is 0 Å². The van der Waals surface area contributed by atoms with E-state index in [1.54, 1.807) is 11.3 Å². The zero-order valence-corrected chi connectivity index (χ0v) is 10.5. The van der Waals surface area contributed by atoms with Crippen LogP contribution in [0.1, 0.15) is 26.0 Å². The van der Waals surface area contributed by atoms with Crippen LogP contribution in [0.2, 0.25) is 0 Å². The largest absolute Gasteiger partial charge is 0.297 e. The maximum Gasteiger partial charge on any atom is 0.193 e. The van der Waals surface area contributed by atoms with Gasteiger partial charge in [-0.25, -0.2) is 4.98 Å². The Morgan fingerprint density at radius 3 is 3.00 bits per heavy atom. The van der Waals surface area contributed by atoms with Crippen LogP contribution in [0.5, 0.6) is 0 Å². The molecular formula is C11H18N4S. The summed E-state index contributed by atoms with van der Waals surface area (Å²) in [7, 11) is 0. The number of hydrazine groups is 1. The fourth-order valence-corrected chi connectivity index (χ4v) is 2.63. The Morgan fingerprint density at radius 1 is 1.56 bits per heavy atom. The van der Waals surface area contributed by atoms with Crippen LogP contribution >= 0.6 is 11.3 Å². The quantitative estimate of drug-likeness (QED) is 0.617. The smallest absolute Gasteiger partial charge is 0.193 e. The third-order valence-corrected chi connectivity index (χ3v) is 3.36. The summed E-state index contributed by atoms with van der Waals surface area (Å²) >= 11 is 1.66. The molecule has 0 fully saturated rings. The number of nitrogens with two attached hydrogens (primary N) is 1. The molecule has 4 nitrogen and oxygen atoms in total. The third kappa shape index (κ3) is 2.61. The second-order valence-corrected chi connectivity index (χ2v) is 5.40. The number of rotatable bonds is 5. The van der Waals surface area contributed by atoms with Crippen molar-refractivity contribution in [2.75, 3.05) is 0 Å². The van der Waals surface area contributed by atoms with Crippen LogP contribution in [0.4, 0.5) is 0 Å². The van der Waals surface area contributed by atoms with E-state index in [4.69, 9.17) is 5.84 Å². The molecular weight excluding hydrogens is 220 g/mol. The molecule has 1 unspecified atom stereocenters. The molecule has 0 saturated carbocycles. The second-order valence-electron chi connectivity index (χ2n) is 4.52. The zero-order valence-electron chi connectivity index (χ0n) is 9.68. The Labute approximate surface area is 99.5 Å². The molecule has 0 aliphatic rings. The van der Waals surface area contributed by atoms with Crippen molar-refractivity contribution in [3.8, 4) is 0 Å². The lowest BCUT2D eigenvalue weighted by molar-refractivity contribution is 0.421. The van der Waals surface area contributed by atoms with Gasteiger partial charge in [0.15, 0.2) is 4.96 Å². The molecule has 0 bridgehead atoms. The van der Waals surface area contributed by atoms with Gasteiger partial charge in [-0.15, -0.1) is 11.3 Å². The third-order valence-electron chi connectivity index (χ3n) is 2.59. The van der Waals surface area contributed by atoms with E-state index in [2.05, 4.69) is 34.9 Å². The van der Waals surface area contributed by atoms with Gasteiger partial charge < -0.3 is 0 Å². The van der Waals surface area contributed by atoms with Crippen molar-refractivity contribution in [1.29, 1.82) is 0 Å². The van der Waals surface area contributed by atoms with Crippen LogP contribution < -0.4 is 11.3 Å². The number of nitrogens with one attached hydrogen (secondary N) is 1. The van der Waals surface area contributed by atoms with E-state index in [1.807, 2.05) is 11.6 Å². The van der Waals surface area contributed by atoms with Gasteiger partial charge >= 0.3 is 0 Å². The number of hydrogen-bond acceptors (Lipinski definition) is 4. The lowest BCUT2D eigenvalue weighted by atomic mass is 10.0. The van der Waals surface area contributed by atoms with Gasteiger partial charge in [0.1, 0.15) is 0 Å². The van der Waals surface area contributed by atoms with Crippen molar-refractivity contribution in [1.82, 2.24) is 14.8 Å². The fourth-order valence-electron chi connectivity index (χ4n) is 1.91. The predicted molar refractivity (Wildman–Crippen MR) is 67.3 cm³/mol. The number of thiazole rings is 1. The van der Waals surface area contributed by atoms with Crippen LogP contribution in [0.15, 0.2) is 17.8 Å². The van der Waals surface area contributed by atoms with Crippen LogP contribution in [0, 0.1) is 5.92 Å². The summed E-state index contributed by atoms with van der Waals surface area (Å²) < 4.78 is 2.06. The van der Waals surface area contributed by atoms with Gasteiger partial charge in [-0.2, -0.15) is 0 Å². The van der Waals surface area contributed by atoms with Crippen molar-refractivity contribution in [2.24, 2.45) is 11.8 Å². The minimum Gasteiger partial charge on any atom is -0.297 e. The highest BCUT2D eigenvalue weighted by atomic mass is 32.1. The van der Waals surface area contributed by atoms with Crippen molar-refractivity contribution in [2.45, 2.75) is 32.7 Å². The molecule has 0 saturated heterocycles. The van der Waals surface area contributed by atoms with E-state index < -0.39 is 0 Å². The number of fused-ring (bicyclic) bond motifs is 1. The minimum absolute atomic E-state index is 0.310. The fraction of sp³-hybridized carbons (Fsp3) is 0.545. The Hall–Kier alpha value is -0.910. The van der Waals surface area contributed by atoms with Crippen LogP contribution in [0.3, 0.4) is 0 Å². The summed E-state index contributed by atoms with van der Waals surface area (Å²) in [6.45, 7) is 4.41. The summed E-state index contributed by atoms with van der Waals surface area (Å²) in [6.07, 6.45) is 6.07. The standard InChI is InChI=1S/C11H18N4S/c1-8(2)5-9(14-12)6-10-7-15-3-4-16-11(15)13-10/h3-4,7-9,14H,5-6,12H2,1-2H3. The Bertz CT molecular complexity index is 417. The maximum atomic E-state index is 5.56. The lowest BCUT2D eigenvalue weighted by Crippen LogP contribution is -2.37. The molecule has 1 atom stereocenters. The van der Waals surface area contributed by atoms with Crippen LogP contribution in [0.25, 0.3) is 4.96 Å². The van der Waals surface area contributed by atoms with Gasteiger partial charge in [0.25, 0.3) is 0 Å². The second kappa shape index (κ2) is 4.95. The van der Waals surface area contributed by atoms with Crippen LogP contribution in [-0.4, -0.2) is 15.4 Å². The molecule has 2 rings (SSSR count). The van der Waals surface area contributed by atoms with Gasteiger partial charge in [-0.3, -0.25) is 15.7 Å². The SMILES string of the molecule is CC(C)CC(Cc1cn2ccsc2n1)NN. The first-order valence-electron chi connectivity index (χ1n) is 5.56. The summed E-state index contributed by atoms with van der Waals surface area (Å²) in [5.41, 5.74) is 3.98. The molecule has 0 radical (unpaired) electrons. The number of imidazole rings is 1. The highest BCUT2D eigenvalue weighted by Gasteiger charge is 2.12. The highest BCUT2D eigenvalue weighted by molar-refractivity contribution is 7.15. The normalized spacial score (nSPS) is 13.8. The zero-order chi connectivity index (χ0) is 11.5. The molecule has 3 N–H and O–H groups in total. The Morgan fingerprint density at radius 2 is 2.38 bits per heavy atom. The van der Waals surface area contributed by atoms with Crippen molar-refractivity contribution in [3.63, 3.8) is 0 Å². The molecule has 0 amide bonds. The minimum atomic E-state index is 0.310. The molecule has 2 aromatic heterocycles. The molecule has 0 spiro atoms. The highest BCUT2D eigenvalue weighted by Crippen LogP contribution is 2.14. The van der Waals surface area contributed by atoms with Gasteiger partial charge in [0, 0.05) is 30.2 Å². The molecule has 5 heteroatoms. The van der Waals surface area contributed by atoms with E-state index in [-0.39, 0.29) is 0 Å². The molecule has 88 valence electrons. The van der Waals surface area contributed by atoms with E-state index in [9.17, 15) is 0 Å². The van der Waals surface area contributed by atoms with Gasteiger partial charge in [-0.1, -0.05) is 13.8 Å². The first-order chi connectivity index (χ1) is 7.69. The average molecular weight is 238 g/mol. The van der Waals surface area contributed by atoms with Crippen molar-refractivity contribution in [3.05, 3.63) is 23.5 Å². The average Bonchev–Trinajstić information content (AvgIpc) is 2.75. The summed E-state index contributed by atoms with van der Waals surface area (Å²) in [5.74, 6) is 6.20. The van der Waals surface area contributed by atoms with Crippen molar-refractivity contribution < 1.29 is 0 Å². The number of aromatic nitrogens is 2. The lowest BCUT2D eigenvalue weighted by Gasteiger charge is -2.16. The monoisotopic (exact) mass is 238 g/mol. The van der Waals surface area contributed by atoms with Gasteiger partial charge in [0.2, 0.25) is 0 Å². The van der Waals surface area contributed by atoms with E-state index in [0.29, 0.717) is 12.0 Å². The topological polar surface area (TPSA) is 55.3 Å².